The van der Waals surface area contributed by atoms with Gasteiger partial charge in [-0.05, 0) is 44.7 Å². The molecule has 1 heterocycles. The number of likely N-dealkylation sites (tertiary alicyclic amines) is 1. The van der Waals surface area contributed by atoms with Crippen LogP contribution in [0.2, 0.25) is 0 Å². The van der Waals surface area contributed by atoms with Crippen molar-refractivity contribution in [3.8, 4) is 0 Å². The Morgan fingerprint density at radius 3 is 2.40 bits per heavy atom. The summed E-state index contributed by atoms with van der Waals surface area (Å²) in [5.41, 5.74) is 0. The topological polar surface area (TPSA) is 35.5 Å². The molecule has 1 aliphatic carbocycles. The van der Waals surface area contributed by atoms with Crippen LogP contribution in [0.25, 0.3) is 0 Å². The molecular formula is C15H28F2N2O. The van der Waals surface area contributed by atoms with Crippen molar-refractivity contribution in [2.45, 2.75) is 63.5 Å². The number of aliphatic hydroxyl groups excluding tert-OH is 1. The van der Waals surface area contributed by atoms with E-state index in [4.69, 9.17) is 0 Å². The first-order valence-electron chi connectivity index (χ1n) is 8.06. The summed E-state index contributed by atoms with van der Waals surface area (Å²) in [6, 6.07) is 0.843. The van der Waals surface area contributed by atoms with Crippen molar-refractivity contribution < 1.29 is 13.9 Å². The lowest BCUT2D eigenvalue weighted by molar-refractivity contribution is 0.0697. The number of halogens is 2. The molecule has 3 nitrogen and oxygen atoms in total. The van der Waals surface area contributed by atoms with Crippen molar-refractivity contribution >= 4 is 0 Å². The van der Waals surface area contributed by atoms with Gasteiger partial charge in [0.1, 0.15) is 0 Å². The lowest BCUT2D eigenvalue weighted by Gasteiger charge is -2.36. The van der Waals surface area contributed by atoms with Crippen LogP contribution in [-0.4, -0.2) is 54.8 Å². The molecule has 1 saturated carbocycles. The van der Waals surface area contributed by atoms with Gasteiger partial charge >= 0.3 is 0 Å². The van der Waals surface area contributed by atoms with Crippen molar-refractivity contribution in [1.29, 1.82) is 0 Å². The number of hydrogen-bond acceptors (Lipinski definition) is 3. The SMILES string of the molecule is OC[C@@H]1CCCCC[C@H]1NC1CCN(CC(F)F)CC1. The molecule has 20 heavy (non-hydrogen) atoms. The molecule has 0 aromatic rings. The second-order valence-electron chi connectivity index (χ2n) is 6.32. The lowest BCUT2D eigenvalue weighted by Crippen LogP contribution is -2.49. The van der Waals surface area contributed by atoms with Gasteiger partial charge in [0.15, 0.2) is 0 Å². The van der Waals surface area contributed by atoms with Gasteiger partial charge < -0.3 is 10.4 Å². The zero-order chi connectivity index (χ0) is 14.4. The van der Waals surface area contributed by atoms with Crippen LogP contribution in [0.4, 0.5) is 8.78 Å². The highest BCUT2D eigenvalue weighted by molar-refractivity contribution is 4.85. The molecule has 0 aromatic heterocycles. The summed E-state index contributed by atoms with van der Waals surface area (Å²) >= 11 is 0. The summed E-state index contributed by atoms with van der Waals surface area (Å²) in [7, 11) is 0. The number of nitrogens with one attached hydrogen (secondary N) is 1. The van der Waals surface area contributed by atoms with Gasteiger partial charge in [-0.25, -0.2) is 8.78 Å². The predicted molar refractivity (Wildman–Crippen MR) is 76.1 cm³/mol. The first-order chi connectivity index (χ1) is 9.69. The van der Waals surface area contributed by atoms with Gasteiger partial charge in [-0.15, -0.1) is 0 Å². The van der Waals surface area contributed by atoms with E-state index in [-0.39, 0.29) is 13.2 Å². The van der Waals surface area contributed by atoms with Gasteiger partial charge in [0.2, 0.25) is 0 Å². The van der Waals surface area contributed by atoms with Crippen molar-refractivity contribution in [1.82, 2.24) is 10.2 Å². The van der Waals surface area contributed by atoms with E-state index in [1.54, 1.807) is 0 Å². The molecule has 0 amide bonds. The average Bonchev–Trinajstić information content (AvgIpc) is 2.65. The monoisotopic (exact) mass is 290 g/mol. The van der Waals surface area contributed by atoms with E-state index < -0.39 is 6.43 Å². The third-order valence-electron chi connectivity index (χ3n) is 4.83. The predicted octanol–water partition coefficient (Wildman–Crippen LogP) is 2.25. The quantitative estimate of drug-likeness (QED) is 0.762. The smallest absolute Gasteiger partial charge is 0.251 e. The number of aliphatic hydroxyl groups is 1. The molecular weight excluding hydrogens is 262 g/mol. The van der Waals surface area contributed by atoms with E-state index in [9.17, 15) is 13.9 Å². The van der Waals surface area contributed by atoms with Crippen LogP contribution in [0, 0.1) is 5.92 Å². The molecule has 2 aliphatic rings. The maximum absolute atomic E-state index is 12.3. The third-order valence-corrected chi connectivity index (χ3v) is 4.83. The first-order valence-corrected chi connectivity index (χ1v) is 8.06. The van der Waals surface area contributed by atoms with Crippen molar-refractivity contribution in [3.63, 3.8) is 0 Å². The fourth-order valence-electron chi connectivity index (χ4n) is 3.60. The normalized spacial score (nSPS) is 30.6. The summed E-state index contributed by atoms with van der Waals surface area (Å²) in [5, 5.41) is 13.2. The zero-order valence-corrected chi connectivity index (χ0v) is 12.2. The Morgan fingerprint density at radius 1 is 1.05 bits per heavy atom. The van der Waals surface area contributed by atoms with E-state index in [2.05, 4.69) is 5.32 Å². The van der Waals surface area contributed by atoms with Gasteiger partial charge in [0.25, 0.3) is 6.43 Å². The summed E-state index contributed by atoms with van der Waals surface area (Å²) in [6.07, 6.45) is 5.64. The number of alkyl halides is 2. The van der Waals surface area contributed by atoms with Crippen LogP contribution < -0.4 is 5.32 Å². The molecule has 1 aliphatic heterocycles. The molecule has 2 atom stereocenters. The van der Waals surface area contributed by atoms with Gasteiger partial charge in [0.05, 0.1) is 6.54 Å². The Morgan fingerprint density at radius 2 is 1.75 bits per heavy atom. The minimum Gasteiger partial charge on any atom is -0.396 e. The highest BCUT2D eigenvalue weighted by Crippen LogP contribution is 2.24. The Labute approximate surface area is 120 Å². The van der Waals surface area contributed by atoms with E-state index in [0.29, 0.717) is 18.0 Å². The molecule has 2 fully saturated rings. The van der Waals surface area contributed by atoms with Crippen LogP contribution in [0.5, 0.6) is 0 Å². The maximum atomic E-state index is 12.3. The molecule has 2 N–H and O–H groups in total. The van der Waals surface area contributed by atoms with Crippen LogP contribution in [0.3, 0.4) is 0 Å². The van der Waals surface area contributed by atoms with E-state index >= 15 is 0 Å². The van der Waals surface area contributed by atoms with Crippen molar-refractivity contribution in [2.24, 2.45) is 5.92 Å². The minimum absolute atomic E-state index is 0.0879. The Balaban J connectivity index is 1.75. The van der Waals surface area contributed by atoms with Gasteiger partial charge in [-0.2, -0.15) is 0 Å². The molecule has 5 heteroatoms. The Hall–Kier alpha value is -0.260. The average molecular weight is 290 g/mol. The standard InChI is InChI=1S/C15H28F2N2O/c16-15(17)10-19-8-6-13(7-9-19)18-14-5-3-1-2-4-12(14)11-20/h12-15,18,20H,1-11H2/t12-,14+/m0/s1. The summed E-state index contributed by atoms with van der Waals surface area (Å²) < 4.78 is 24.7. The highest BCUT2D eigenvalue weighted by Gasteiger charge is 2.27. The lowest BCUT2D eigenvalue weighted by atomic mass is 9.93. The van der Waals surface area contributed by atoms with Crippen LogP contribution in [0.15, 0.2) is 0 Å². The maximum Gasteiger partial charge on any atom is 0.251 e. The largest absolute Gasteiger partial charge is 0.396 e. The van der Waals surface area contributed by atoms with Crippen LogP contribution >= 0.6 is 0 Å². The Kier molecular flexibility index (Phi) is 6.65. The van der Waals surface area contributed by atoms with Gasteiger partial charge in [0, 0.05) is 18.7 Å². The fourth-order valence-corrected chi connectivity index (χ4v) is 3.60. The first kappa shape index (κ1) is 16.1. The van der Waals surface area contributed by atoms with Crippen LogP contribution in [-0.2, 0) is 0 Å². The molecule has 0 unspecified atom stereocenters. The summed E-state index contributed by atoms with van der Waals surface area (Å²) in [6.45, 7) is 1.70. The zero-order valence-electron chi connectivity index (χ0n) is 12.2. The molecule has 118 valence electrons. The molecule has 0 radical (unpaired) electrons. The highest BCUT2D eigenvalue weighted by atomic mass is 19.3. The van der Waals surface area contributed by atoms with Crippen molar-refractivity contribution in [2.75, 3.05) is 26.2 Å². The molecule has 2 rings (SSSR count). The number of rotatable bonds is 5. The summed E-state index contributed by atoms with van der Waals surface area (Å²) in [5.74, 6) is 0.372. The molecule has 0 aromatic carbocycles. The number of hydrogen-bond donors (Lipinski definition) is 2. The van der Waals surface area contributed by atoms with Gasteiger partial charge in [-0.3, -0.25) is 4.90 Å². The van der Waals surface area contributed by atoms with E-state index in [1.807, 2.05) is 4.90 Å². The van der Waals surface area contributed by atoms with Crippen molar-refractivity contribution in [3.05, 3.63) is 0 Å². The Bertz CT molecular complexity index is 271. The van der Waals surface area contributed by atoms with E-state index in [0.717, 1.165) is 38.8 Å². The summed E-state index contributed by atoms with van der Waals surface area (Å²) in [4.78, 5) is 1.86. The molecule has 0 bridgehead atoms. The number of piperidine rings is 1. The van der Waals surface area contributed by atoms with E-state index in [1.165, 1.54) is 19.3 Å². The number of nitrogens with zero attached hydrogens (tertiary/aromatic N) is 1. The second-order valence-corrected chi connectivity index (χ2v) is 6.32. The molecule has 1 saturated heterocycles. The minimum atomic E-state index is -2.22. The second kappa shape index (κ2) is 8.25. The van der Waals surface area contributed by atoms with Gasteiger partial charge in [-0.1, -0.05) is 19.3 Å². The molecule has 0 spiro atoms. The van der Waals surface area contributed by atoms with Crippen LogP contribution in [0.1, 0.15) is 44.9 Å². The third kappa shape index (κ3) is 4.93. The fraction of sp³-hybridized carbons (Fsp3) is 1.00.